The highest BCUT2D eigenvalue weighted by atomic mass is 32.1. The molecule has 1 aromatic rings. The Bertz CT molecular complexity index is 408. The van der Waals surface area contributed by atoms with Gasteiger partial charge in [0.15, 0.2) is 0 Å². The zero-order valence-electron chi connectivity index (χ0n) is 14.1. The quantitative estimate of drug-likeness (QED) is 0.835. The minimum absolute atomic E-state index is 0.499. The lowest BCUT2D eigenvalue weighted by molar-refractivity contribution is 0.189. The van der Waals surface area contributed by atoms with Crippen LogP contribution in [0.15, 0.2) is 11.4 Å². The summed E-state index contributed by atoms with van der Waals surface area (Å²) in [4.78, 5) is 6.46. The van der Waals surface area contributed by atoms with E-state index in [1.165, 1.54) is 49.3 Å². The molecule has 0 bridgehead atoms. The minimum atomic E-state index is 0.499. The standard InChI is InChI=1S/C17H31N3S/c1-5-9-20-10-6-15(7-11-20)18-13-16(19(3)4)17-14(2)8-12-21-17/h8,12,15-16,18H,5-7,9-11,13H2,1-4H3. The van der Waals surface area contributed by atoms with Gasteiger partial charge >= 0.3 is 0 Å². The molecule has 120 valence electrons. The van der Waals surface area contributed by atoms with Gasteiger partial charge in [-0.3, -0.25) is 0 Å². The molecule has 1 aliphatic rings. The Balaban J connectivity index is 1.82. The van der Waals surface area contributed by atoms with Crippen molar-refractivity contribution in [2.24, 2.45) is 0 Å². The Labute approximate surface area is 134 Å². The van der Waals surface area contributed by atoms with Crippen LogP contribution in [0.3, 0.4) is 0 Å². The molecule has 3 nitrogen and oxygen atoms in total. The van der Waals surface area contributed by atoms with Gasteiger partial charge in [-0.15, -0.1) is 11.3 Å². The Morgan fingerprint density at radius 3 is 2.62 bits per heavy atom. The van der Waals surface area contributed by atoms with E-state index in [0.717, 1.165) is 6.54 Å². The van der Waals surface area contributed by atoms with Crippen molar-refractivity contribution in [3.63, 3.8) is 0 Å². The van der Waals surface area contributed by atoms with Crippen molar-refractivity contribution >= 4 is 11.3 Å². The fraction of sp³-hybridized carbons (Fsp3) is 0.765. The average Bonchev–Trinajstić information content (AvgIpc) is 2.87. The zero-order chi connectivity index (χ0) is 15.2. The van der Waals surface area contributed by atoms with Crippen molar-refractivity contribution in [2.45, 2.75) is 45.2 Å². The molecule has 1 atom stereocenters. The third-order valence-corrected chi connectivity index (χ3v) is 5.68. The van der Waals surface area contributed by atoms with Gasteiger partial charge in [0.05, 0.1) is 6.04 Å². The second-order valence-corrected chi connectivity index (χ2v) is 7.42. The Hall–Kier alpha value is -0.420. The molecule has 1 saturated heterocycles. The maximum Gasteiger partial charge on any atom is 0.0564 e. The number of hydrogen-bond acceptors (Lipinski definition) is 4. The number of likely N-dealkylation sites (N-methyl/N-ethyl adjacent to an activating group) is 1. The topological polar surface area (TPSA) is 18.5 Å². The van der Waals surface area contributed by atoms with E-state index in [4.69, 9.17) is 0 Å². The third-order valence-electron chi connectivity index (χ3n) is 4.55. The van der Waals surface area contributed by atoms with Crippen LogP contribution >= 0.6 is 11.3 Å². The first-order valence-corrected chi connectivity index (χ1v) is 9.16. The van der Waals surface area contributed by atoms with Gasteiger partial charge in [-0.1, -0.05) is 6.92 Å². The van der Waals surface area contributed by atoms with Crippen LogP contribution in [0.25, 0.3) is 0 Å². The molecule has 1 aromatic heterocycles. The second kappa shape index (κ2) is 8.28. The molecule has 0 spiro atoms. The monoisotopic (exact) mass is 309 g/mol. The predicted molar refractivity (Wildman–Crippen MR) is 93.2 cm³/mol. The number of nitrogens with zero attached hydrogens (tertiary/aromatic N) is 2. The summed E-state index contributed by atoms with van der Waals surface area (Å²) in [6.07, 6.45) is 3.87. The van der Waals surface area contributed by atoms with Crippen molar-refractivity contribution in [1.29, 1.82) is 0 Å². The van der Waals surface area contributed by atoms with Gasteiger partial charge in [0.1, 0.15) is 0 Å². The molecule has 0 aliphatic carbocycles. The van der Waals surface area contributed by atoms with Gasteiger partial charge in [-0.05, 0) is 76.9 Å². The molecule has 1 N–H and O–H groups in total. The summed E-state index contributed by atoms with van der Waals surface area (Å²) >= 11 is 1.89. The Morgan fingerprint density at radius 2 is 2.10 bits per heavy atom. The van der Waals surface area contributed by atoms with E-state index in [1.807, 2.05) is 11.3 Å². The largest absolute Gasteiger partial charge is 0.312 e. The first-order chi connectivity index (χ1) is 10.1. The number of aryl methyl sites for hydroxylation is 1. The number of rotatable bonds is 7. The molecular formula is C17H31N3S. The smallest absolute Gasteiger partial charge is 0.0564 e. The van der Waals surface area contributed by atoms with E-state index in [9.17, 15) is 0 Å². The van der Waals surface area contributed by atoms with Gasteiger partial charge < -0.3 is 15.1 Å². The van der Waals surface area contributed by atoms with Crippen molar-refractivity contribution in [1.82, 2.24) is 15.1 Å². The van der Waals surface area contributed by atoms with E-state index < -0.39 is 0 Å². The van der Waals surface area contributed by atoms with E-state index in [-0.39, 0.29) is 0 Å². The maximum atomic E-state index is 3.82. The average molecular weight is 310 g/mol. The van der Waals surface area contributed by atoms with E-state index >= 15 is 0 Å². The summed E-state index contributed by atoms with van der Waals surface area (Å²) in [5, 5.41) is 6.03. The molecular weight excluding hydrogens is 278 g/mol. The van der Waals surface area contributed by atoms with Crippen molar-refractivity contribution in [3.8, 4) is 0 Å². The SMILES string of the molecule is CCCN1CCC(NCC(c2sccc2C)N(C)C)CC1. The number of thiophene rings is 1. The fourth-order valence-electron chi connectivity index (χ4n) is 3.19. The lowest BCUT2D eigenvalue weighted by atomic mass is 10.0. The Morgan fingerprint density at radius 1 is 1.38 bits per heavy atom. The van der Waals surface area contributed by atoms with Crippen LogP contribution in [-0.4, -0.2) is 56.1 Å². The van der Waals surface area contributed by atoms with Gasteiger partial charge in [0.25, 0.3) is 0 Å². The Kier molecular flexibility index (Phi) is 6.68. The summed E-state index contributed by atoms with van der Waals surface area (Å²) in [5.41, 5.74) is 1.43. The second-order valence-electron chi connectivity index (χ2n) is 6.47. The fourth-order valence-corrected chi connectivity index (χ4v) is 4.31. The summed E-state index contributed by atoms with van der Waals surface area (Å²) < 4.78 is 0. The summed E-state index contributed by atoms with van der Waals surface area (Å²) in [7, 11) is 4.38. The van der Waals surface area contributed by atoms with Crippen molar-refractivity contribution < 1.29 is 0 Å². The lowest BCUT2D eigenvalue weighted by Gasteiger charge is -2.34. The van der Waals surface area contributed by atoms with Gasteiger partial charge in [0.2, 0.25) is 0 Å². The van der Waals surface area contributed by atoms with E-state index in [2.05, 4.69) is 54.5 Å². The van der Waals surface area contributed by atoms with Crippen LogP contribution in [0, 0.1) is 6.92 Å². The molecule has 1 aliphatic heterocycles. The molecule has 0 radical (unpaired) electrons. The highest BCUT2D eigenvalue weighted by Crippen LogP contribution is 2.27. The van der Waals surface area contributed by atoms with Crippen molar-refractivity contribution in [3.05, 3.63) is 21.9 Å². The highest BCUT2D eigenvalue weighted by Gasteiger charge is 2.22. The van der Waals surface area contributed by atoms with Crippen LogP contribution in [0.1, 0.15) is 42.7 Å². The third kappa shape index (κ3) is 4.78. The molecule has 0 aromatic carbocycles. The lowest BCUT2D eigenvalue weighted by Crippen LogP contribution is -2.44. The molecule has 1 fully saturated rings. The highest BCUT2D eigenvalue weighted by molar-refractivity contribution is 7.10. The van der Waals surface area contributed by atoms with Crippen LogP contribution in [0.5, 0.6) is 0 Å². The van der Waals surface area contributed by atoms with E-state index in [0.29, 0.717) is 12.1 Å². The van der Waals surface area contributed by atoms with Crippen LogP contribution in [0.2, 0.25) is 0 Å². The summed E-state index contributed by atoms with van der Waals surface area (Å²) in [6.45, 7) is 9.35. The van der Waals surface area contributed by atoms with Crippen LogP contribution in [0.4, 0.5) is 0 Å². The zero-order valence-corrected chi connectivity index (χ0v) is 14.9. The molecule has 0 saturated carbocycles. The summed E-state index contributed by atoms with van der Waals surface area (Å²) in [6, 6.07) is 3.43. The molecule has 4 heteroatoms. The number of hydrogen-bond donors (Lipinski definition) is 1. The number of piperidine rings is 1. The van der Waals surface area contributed by atoms with Gasteiger partial charge in [-0.25, -0.2) is 0 Å². The molecule has 2 rings (SSSR count). The summed E-state index contributed by atoms with van der Waals surface area (Å²) in [5.74, 6) is 0. The van der Waals surface area contributed by atoms with Crippen LogP contribution < -0.4 is 5.32 Å². The maximum absolute atomic E-state index is 3.82. The predicted octanol–water partition coefficient (Wildman–Crippen LogP) is 3.12. The molecule has 0 amide bonds. The molecule has 2 heterocycles. The number of nitrogens with one attached hydrogen (secondary N) is 1. The van der Waals surface area contributed by atoms with E-state index in [1.54, 1.807) is 0 Å². The van der Waals surface area contributed by atoms with Gasteiger partial charge in [-0.2, -0.15) is 0 Å². The van der Waals surface area contributed by atoms with Crippen molar-refractivity contribution in [2.75, 3.05) is 40.3 Å². The van der Waals surface area contributed by atoms with Gasteiger partial charge in [0, 0.05) is 17.5 Å². The van der Waals surface area contributed by atoms with Crippen LogP contribution in [-0.2, 0) is 0 Å². The first-order valence-electron chi connectivity index (χ1n) is 8.28. The minimum Gasteiger partial charge on any atom is -0.312 e. The molecule has 1 unspecified atom stereocenters. The number of likely N-dealkylation sites (tertiary alicyclic amines) is 1. The normalized spacial score (nSPS) is 19.3. The first kappa shape index (κ1) is 16.9. The molecule has 21 heavy (non-hydrogen) atoms.